The summed E-state index contributed by atoms with van der Waals surface area (Å²) < 4.78 is 13.0. The Hall–Kier alpha value is -2.90. The average Bonchev–Trinajstić information content (AvgIpc) is 3.18. The van der Waals surface area contributed by atoms with E-state index in [0.717, 1.165) is 51.2 Å². The molecule has 170 valence electrons. The van der Waals surface area contributed by atoms with Crippen LogP contribution in [0.3, 0.4) is 0 Å². The van der Waals surface area contributed by atoms with Gasteiger partial charge in [0.2, 0.25) is 0 Å². The molecule has 0 radical (unpaired) electrons. The van der Waals surface area contributed by atoms with E-state index in [1.807, 2.05) is 25.4 Å². The number of piperidine rings is 1. The average molecular weight is 438 g/mol. The van der Waals surface area contributed by atoms with E-state index in [4.69, 9.17) is 9.47 Å². The molecule has 3 heterocycles. The van der Waals surface area contributed by atoms with Gasteiger partial charge < -0.3 is 19.1 Å². The number of carbonyl (C=O) groups is 1. The molecule has 0 spiro atoms. The summed E-state index contributed by atoms with van der Waals surface area (Å²) in [4.78, 5) is 18.2. The highest BCUT2D eigenvalue weighted by Crippen LogP contribution is 2.34. The van der Waals surface area contributed by atoms with Crippen LogP contribution in [0.25, 0.3) is 10.9 Å². The highest BCUT2D eigenvalue weighted by Gasteiger charge is 2.24. The van der Waals surface area contributed by atoms with Gasteiger partial charge in [-0.25, -0.2) is 4.79 Å². The predicted octanol–water partition coefficient (Wildman–Crippen LogP) is 4.16. The lowest BCUT2D eigenvalue weighted by Gasteiger charge is -2.32. The van der Waals surface area contributed by atoms with E-state index in [0.29, 0.717) is 18.3 Å². The van der Waals surface area contributed by atoms with Crippen LogP contribution in [0.1, 0.15) is 47.2 Å². The number of carboxylic acid groups (broad SMARTS) is 1. The van der Waals surface area contributed by atoms with Crippen molar-refractivity contribution in [3.05, 3.63) is 59.5 Å². The number of rotatable bonds is 9. The topological polar surface area (TPSA) is 76.8 Å². The van der Waals surface area contributed by atoms with Gasteiger partial charge in [-0.3, -0.25) is 9.88 Å². The summed E-state index contributed by atoms with van der Waals surface area (Å²) in [5.41, 5.74) is 3.79. The van der Waals surface area contributed by atoms with E-state index in [1.54, 1.807) is 12.1 Å². The fraction of sp³-hybridized carbons (Fsp3) is 0.440. The highest BCUT2D eigenvalue weighted by atomic mass is 16.5. The lowest BCUT2D eigenvalue weighted by atomic mass is 9.89. The van der Waals surface area contributed by atoms with Crippen LogP contribution in [0.4, 0.5) is 0 Å². The van der Waals surface area contributed by atoms with Crippen molar-refractivity contribution in [1.29, 1.82) is 0 Å². The van der Waals surface area contributed by atoms with Crippen LogP contribution in [0.2, 0.25) is 0 Å². The van der Waals surface area contributed by atoms with Crippen molar-refractivity contribution in [1.82, 2.24) is 14.5 Å². The summed E-state index contributed by atoms with van der Waals surface area (Å²) in [6.45, 7) is 6.99. The molecule has 0 aliphatic carbocycles. The third kappa shape index (κ3) is 4.79. The third-order valence-corrected chi connectivity index (χ3v) is 6.32. The fourth-order valence-corrected chi connectivity index (χ4v) is 4.66. The van der Waals surface area contributed by atoms with E-state index in [9.17, 15) is 9.90 Å². The van der Waals surface area contributed by atoms with Gasteiger partial charge in [0.05, 0.1) is 25.4 Å². The molecule has 0 saturated carbocycles. The first-order valence-corrected chi connectivity index (χ1v) is 11.2. The number of aromatic carboxylic acids is 1. The van der Waals surface area contributed by atoms with Gasteiger partial charge in [-0.2, -0.15) is 0 Å². The Labute approximate surface area is 188 Å². The van der Waals surface area contributed by atoms with E-state index in [-0.39, 0.29) is 5.56 Å². The summed E-state index contributed by atoms with van der Waals surface area (Å²) in [6, 6.07) is 7.55. The molecular weight excluding hydrogens is 406 g/mol. The van der Waals surface area contributed by atoms with E-state index >= 15 is 0 Å². The quantitative estimate of drug-likeness (QED) is 0.507. The molecule has 32 heavy (non-hydrogen) atoms. The first-order chi connectivity index (χ1) is 15.6. The highest BCUT2D eigenvalue weighted by molar-refractivity contribution is 5.91. The Bertz CT molecular complexity index is 1070. The maximum atomic E-state index is 11.5. The second-order valence-corrected chi connectivity index (χ2v) is 8.26. The molecule has 0 unspecified atom stereocenters. The van der Waals surface area contributed by atoms with Gasteiger partial charge >= 0.3 is 5.97 Å². The third-order valence-electron chi connectivity index (χ3n) is 6.32. The van der Waals surface area contributed by atoms with Crippen LogP contribution < -0.4 is 4.74 Å². The minimum Gasteiger partial charge on any atom is -0.496 e. The maximum Gasteiger partial charge on any atom is 0.339 e. The summed E-state index contributed by atoms with van der Waals surface area (Å²) in [5.74, 6) is -0.0530. The summed E-state index contributed by atoms with van der Waals surface area (Å²) >= 11 is 0. The van der Waals surface area contributed by atoms with E-state index < -0.39 is 5.97 Å². The lowest BCUT2D eigenvalue weighted by Crippen LogP contribution is -2.32. The Morgan fingerprint density at radius 2 is 2.06 bits per heavy atom. The van der Waals surface area contributed by atoms with Crippen LogP contribution in [0.5, 0.6) is 5.75 Å². The Balaban J connectivity index is 1.43. The van der Waals surface area contributed by atoms with Crippen molar-refractivity contribution < 1.29 is 19.4 Å². The van der Waals surface area contributed by atoms with Crippen molar-refractivity contribution in [2.75, 3.05) is 33.4 Å². The molecule has 1 fully saturated rings. The molecule has 0 amide bonds. The van der Waals surface area contributed by atoms with Gasteiger partial charge in [0, 0.05) is 37.5 Å². The molecule has 1 saturated heterocycles. The molecule has 4 rings (SSSR count). The van der Waals surface area contributed by atoms with Gasteiger partial charge in [0.1, 0.15) is 11.3 Å². The Morgan fingerprint density at radius 1 is 1.25 bits per heavy atom. The zero-order valence-electron chi connectivity index (χ0n) is 18.8. The van der Waals surface area contributed by atoms with Crippen LogP contribution >= 0.6 is 0 Å². The first kappa shape index (κ1) is 22.3. The number of carboxylic acids is 1. The SMILES string of the molecule is CCOCCn1cc(C2CCN(Cc3ccc(OC)c(C(=O)O)c3)CC2)c2ccncc21. The van der Waals surface area contributed by atoms with Crippen molar-refractivity contribution in [2.45, 2.75) is 38.8 Å². The number of fused-ring (bicyclic) bond motifs is 1. The number of likely N-dealkylation sites (tertiary alicyclic amines) is 1. The molecule has 1 aromatic carbocycles. The molecule has 1 aliphatic heterocycles. The second kappa shape index (κ2) is 10.1. The number of benzene rings is 1. The normalized spacial score (nSPS) is 15.3. The second-order valence-electron chi connectivity index (χ2n) is 8.26. The molecule has 0 bridgehead atoms. The van der Waals surface area contributed by atoms with Crippen LogP contribution in [-0.4, -0.2) is 58.9 Å². The van der Waals surface area contributed by atoms with Gasteiger partial charge in [-0.15, -0.1) is 0 Å². The molecule has 2 aromatic heterocycles. The zero-order chi connectivity index (χ0) is 22.5. The summed E-state index contributed by atoms with van der Waals surface area (Å²) in [6.07, 6.45) is 8.26. The van der Waals surface area contributed by atoms with Crippen molar-refractivity contribution in [3.8, 4) is 5.75 Å². The monoisotopic (exact) mass is 437 g/mol. The van der Waals surface area contributed by atoms with Gasteiger partial charge in [-0.05, 0) is 68.1 Å². The standard InChI is InChI=1S/C25H31N3O4/c1-3-32-13-12-28-17-22(20-6-9-26-15-23(20)28)19-7-10-27(11-8-19)16-18-4-5-24(31-2)21(14-18)25(29)30/h4-6,9,14-15,17,19H,3,7-8,10-13,16H2,1-2H3,(H,29,30). The molecule has 7 heteroatoms. The van der Waals surface area contributed by atoms with Gasteiger partial charge in [0.25, 0.3) is 0 Å². The lowest BCUT2D eigenvalue weighted by molar-refractivity contribution is 0.0693. The van der Waals surface area contributed by atoms with Crippen molar-refractivity contribution in [2.24, 2.45) is 0 Å². The van der Waals surface area contributed by atoms with E-state index in [2.05, 4.69) is 26.7 Å². The minimum atomic E-state index is -0.961. The summed E-state index contributed by atoms with van der Waals surface area (Å²) in [7, 11) is 1.50. The number of hydrogen-bond donors (Lipinski definition) is 1. The number of hydrogen-bond acceptors (Lipinski definition) is 5. The van der Waals surface area contributed by atoms with Crippen LogP contribution in [0.15, 0.2) is 42.9 Å². The molecule has 7 nitrogen and oxygen atoms in total. The zero-order valence-corrected chi connectivity index (χ0v) is 18.8. The minimum absolute atomic E-state index is 0.216. The molecule has 1 aliphatic rings. The van der Waals surface area contributed by atoms with Crippen LogP contribution in [0, 0.1) is 0 Å². The molecular formula is C25H31N3O4. The summed E-state index contributed by atoms with van der Waals surface area (Å²) in [5, 5.41) is 10.7. The molecule has 0 atom stereocenters. The first-order valence-electron chi connectivity index (χ1n) is 11.2. The van der Waals surface area contributed by atoms with Crippen molar-refractivity contribution >= 4 is 16.9 Å². The number of aromatic nitrogens is 2. The molecule has 1 N–H and O–H groups in total. The smallest absolute Gasteiger partial charge is 0.339 e. The Kier molecular flexibility index (Phi) is 7.07. The molecule has 3 aromatic rings. The van der Waals surface area contributed by atoms with Crippen molar-refractivity contribution in [3.63, 3.8) is 0 Å². The van der Waals surface area contributed by atoms with Gasteiger partial charge in [0.15, 0.2) is 0 Å². The predicted molar refractivity (Wildman–Crippen MR) is 123 cm³/mol. The Morgan fingerprint density at radius 3 is 2.78 bits per heavy atom. The van der Waals surface area contributed by atoms with E-state index in [1.165, 1.54) is 23.6 Å². The number of nitrogens with zero attached hydrogens (tertiary/aromatic N) is 3. The number of pyridine rings is 1. The fourth-order valence-electron chi connectivity index (χ4n) is 4.66. The van der Waals surface area contributed by atoms with Gasteiger partial charge in [-0.1, -0.05) is 6.07 Å². The maximum absolute atomic E-state index is 11.5. The number of ether oxygens (including phenoxy) is 2. The largest absolute Gasteiger partial charge is 0.496 e. The van der Waals surface area contributed by atoms with Crippen LogP contribution in [-0.2, 0) is 17.8 Å². The number of methoxy groups -OCH3 is 1.